The largest absolute Gasteiger partial charge is 0.394 e. The average molecular weight is 162 g/mol. The Bertz CT molecular complexity index is 272. The Hall–Kier alpha value is -0.860. The van der Waals surface area contributed by atoms with Crippen LogP contribution in [-0.4, -0.2) is 18.3 Å². The molecular formula is C10H12NO. The molecule has 12 heavy (non-hydrogen) atoms. The van der Waals surface area contributed by atoms with E-state index in [1.54, 1.807) is 0 Å². The van der Waals surface area contributed by atoms with Crippen molar-refractivity contribution in [2.75, 3.05) is 13.2 Å². The number of aliphatic hydroxyl groups is 1. The number of rotatable bonds is 1. The van der Waals surface area contributed by atoms with Crippen LogP contribution in [0.5, 0.6) is 0 Å². The van der Waals surface area contributed by atoms with E-state index in [0.717, 1.165) is 13.0 Å². The maximum atomic E-state index is 9.07. The van der Waals surface area contributed by atoms with Crippen LogP contribution < -0.4 is 5.32 Å². The van der Waals surface area contributed by atoms with Crippen molar-refractivity contribution in [3.8, 4) is 0 Å². The summed E-state index contributed by atoms with van der Waals surface area (Å²) in [7, 11) is 0. The summed E-state index contributed by atoms with van der Waals surface area (Å²) in [6, 6.07) is 9.12. The molecule has 2 N–H and O–H groups in total. The quantitative estimate of drug-likeness (QED) is 0.636. The molecule has 0 fully saturated rings. The van der Waals surface area contributed by atoms with Crippen LogP contribution in [0.4, 0.5) is 0 Å². The summed E-state index contributed by atoms with van der Waals surface area (Å²) in [4.78, 5) is 0. The SMILES string of the molecule is OCC1NCCc2c[c]ccc21. The molecule has 2 rings (SSSR count). The molecule has 0 bridgehead atoms. The standard InChI is InChI=1S/C10H12NO/c12-7-10-9-4-2-1-3-8(9)5-6-11-10/h2-4,10-12H,5-7H2. The third kappa shape index (κ3) is 1.24. The highest BCUT2D eigenvalue weighted by atomic mass is 16.3. The second-order valence-electron chi connectivity index (χ2n) is 3.06. The lowest BCUT2D eigenvalue weighted by Crippen LogP contribution is -2.31. The lowest BCUT2D eigenvalue weighted by molar-refractivity contribution is 0.240. The lowest BCUT2D eigenvalue weighted by atomic mass is 9.95. The number of fused-ring (bicyclic) bond motifs is 1. The van der Waals surface area contributed by atoms with Gasteiger partial charge in [0.2, 0.25) is 0 Å². The van der Waals surface area contributed by atoms with Gasteiger partial charge in [-0.1, -0.05) is 18.2 Å². The van der Waals surface area contributed by atoms with Crippen LogP contribution in [0.25, 0.3) is 0 Å². The number of hydrogen-bond acceptors (Lipinski definition) is 2. The zero-order valence-corrected chi connectivity index (χ0v) is 6.88. The van der Waals surface area contributed by atoms with E-state index in [-0.39, 0.29) is 12.6 Å². The summed E-state index contributed by atoms with van der Waals surface area (Å²) < 4.78 is 0. The summed E-state index contributed by atoms with van der Waals surface area (Å²) in [5, 5.41) is 12.3. The van der Waals surface area contributed by atoms with Crippen LogP contribution in [-0.2, 0) is 6.42 Å². The minimum absolute atomic E-state index is 0.128. The van der Waals surface area contributed by atoms with Crippen molar-refractivity contribution in [1.29, 1.82) is 0 Å². The fraction of sp³-hybridized carbons (Fsp3) is 0.400. The fourth-order valence-electron chi connectivity index (χ4n) is 1.69. The van der Waals surface area contributed by atoms with E-state index in [9.17, 15) is 0 Å². The van der Waals surface area contributed by atoms with Gasteiger partial charge < -0.3 is 10.4 Å². The first-order valence-corrected chi connectivity index (χ1v) is 4.25. The maximum Gasteiger partial charge on any atom is 0.0626 e. The van der Waals surface area contributed by atoms with Gasteiger partial charge in [0.25, 0.3) is 0 Å². The molecule has 0 amide bonds. The molecule has 1 radical (unpaired) electrons. The van der Waals surface area contributed by atoms with Crippen molar-refractivity contribution < 1.29 is 5.11 Å². The van der Waals surface area contributed by atoms with Gasteiger partial charge in [-0.05, 0) is 30.2 Å². The highest BCUT2D eigenvalue weighted by molar-refractivity contribution is 5.31. The second-order valence-corrected chi connectivity index (χ2v) is 3.06. The van der Waals surface area contributed by atoms with E-state index in [1.165, 1.54) is 11.1 Å². The van der Waals surface area contributed by atoms with Crippen LogP contribution in [0, 0.1) is 6.07 Å². The molecule has 1 aromatic carbocycles. The predicted molar refractivity (Wildman–Crippen MR) is 46.8 cm³/mol. The lowest BCUT2D eigenvalue weighted by Gasteiger charge is -2.24. The van der Waals surface area contributed by atoms with Gasteiger partial charge in [0.05, 0.1) is 12.6 Å². The zero-order chi connectivity index (χ0) is 8.39. The summed E-state index contributed by atoms with van der Waals surface area (Å²) in [5.41, 5.74) is 2.54. The number of aliphatic hydroxyl groups excluding tert-OH is 1. The smallest absolute Gasteiger partial charge is 0.0626 e. The highest BCUT2D eigenvalue weighted by Gasteiger charge is 2.17. The summed E-state index contributed by atoms with van der Waals surface area (Å²) in [6.07, 6.45) is 1.04. The third-order valence-electron chi connectivity index (χ3n) is 2.33. The molecule has 2 nitrogen and oxygen atoms in total. The van der Waals surface area contributed by atoms with E-state index in [1.807, 2.05) is 18.2 Å². The molecule has 0 aromatic heterocycles. The van der Waals surface area contributed by atoms with Gasteiger partial charge in [-0.3, -0.25) is 0 Å². The van der Waals surface area contributed by atoms with Crippen molar-refractivity contribution in [3.63, 3.8) is 0 Å². The molecule has 0 saturated carbocycles. The summed E-state index contributed by atoms with van der Waals surface area (Å²) >= 11 is 0. The maximum absolute atomic E-state index is 9.07. The van der Waals surface area contributed by atoms with Crippen LogP contribution in [0.3, 0.4) is 0 Å². The molecule has 1 aromatic rings. The van der Waals surface area contributed by atoms with E-state index in [2.05, 4.69) is 11.4 Å². The number of hydrogen-bond donors (Lipinski definition) is 2. The van der Waals surface area contributed by atoms with Gasteiger partial charge in [-0.25, -0.2) is 0 Å². The first kappa shape index (κ1) is 7.77. The van der Waals surface area contributed by atoms with Gasteiger partial charge in [-0.2, -0.15) is 0 Å². The zero-order valence-electron chi connectivity index (χ0n) is 6.88. The molecule has 0 aliphatic carbocycles. The van der Waals surface area contributed by atoms with Crippen molar-refractivity contribution in [3.05, 3.63) is 35.4 Å². The first-order valence-electron chi connectivity index (χ1n) is 4.25. The average Bonchev–Trinajstić information content (AvgIpc) is 2.17. The molecule has 2 heteroatoms. The van der Waals surface area contributed by atoms with Crippen molar-refractivity contribution in [2.24, 2.45) is 0 Å². The molecule has 1 aliphatic rings. The van der Waals surface area contributed by atoms with E-state index in [0.29, 0.717) is 0 Å². The summed E-state index contributed by atoms with van der Waals surface area (Å²) in [5.74, 6) is 0. The molecular weight excluding hydrogens is 150 g/mol. The van der Waals surface area contributed by atoms with Crippen molar-refractivity contribution >= 4 is 0 Å². The Morgan fingerprint density at radius 3 is 3.42 bits per heavy atom. The Balaban J connectivity index is 2.37. The fourth-order valence-corrected chi connectivity index (χ4v) is 1.69. The molecule has 0 spiro atoms. The Morgan fingerprint density at radius 2 is 2.58 bits per heavy atom. The van der Waals surface area contributed by atoms with Gasteiger partial charge in [0.15, 0.2) is 0 Å². The number of benzene rings is 1. The van der Waals surface area contributed by atoms with Gasteiger partial charge >= 0.3 is 0 Å². The van der Waals surface area contributed by atoms with E-state index < -0.39 is 0 Å². The molecule has 63 valence electrons. The monoisotopic (exact) mass is 162 g/mol. The van der Waals surface area contributed by atoms with Crippen LogP contribution in [0.15, 0.2) is 18.2 Å². The van der Waals surface area contributed by atoms with Gasteiger partial charge in [0, 0.05) is 0 Å². The van der Waals surface area contributed by atoms with Gasteiger partial charge in [0.1, 0.15) is 0 Å². The number of nitrogens with one attached hydrogen (secondary N) is 1. The highest BCUT2D eigenvalue weighted by Crippen LogP contribution is 2.21. The third-order valence-corrected chi connectivity index (χ3v) is 2.33. The topological polar surface area (TPSA) is 32.3 Å². The minimum atomic E-state index is 0.128. The molecule has 1 atom stereocenters. The van der Waals surface area contributed by atoms with Crippen LogP contribution in [0.1, 0.15) is 17.2 Å². The predicted octanol–water partition coefficient (Wildman–Crippen LogP) is 0.666. The molecule has 0 saturated heterocycles. The van der Waals surface area contributed by atoms with E-state index >= 15 is 0 Å². The van der Waals surface area contributed by atoms with Crippen LogP contribution >= 0.6 is 0 Å². The van der Waals surface area contributed by atoms with Crippen molar-refractivity contribution in [2.45, 2.75) is 12.5 Å². The Morgan fingerprint density at radius 1 is 1.67 bits per heavy atom. The second kappa shape index (κ2) is 3.25. The van der Waals surface area contributed by atoms with E-state index in [4.69, 9.17) is 5.11 Å². The van der Waals surface area contributed by atoms with Crippen molar-refractivity contribution in [1.82, 2.24) is 5.32 Å². The molecule has 1 heterocycles. The normalized spacial score (nSPS) is 21.9. The first-order chi connectivity index (χ1) is 5.92. The molecule has 1 unspecified atom stereocenters. The Labute approximate surface area is 72.2 Å². The molecule has 1 aliphatic heterocycles. The van der Waals surface area contributed by atoms with Gasteiger partial charge in [-0.15, -0.1) is 0 Å². The van der Waals surface area contributed by atoms with Crippen LogP contribution in [0.2, 0.25) is 0 Å². The minimum Gasteiger partial charge on any atom is -0.394 e. The Kier molecular flexibility index (Phi) is 2.11. The summed E-state index contributed by atoms with van der Waals surface area (Å²) in [6.45, 7) is 1.13.